The molecule has 1 saturated heterocycles. The minimum Gasteiger partial charge on any atom is -0.382 e. The number of benzene rings is 1. The lowest BCUT2D eigenvalue weighted by Crippen LogP contribution is -2.29. The summed E-state index contributed by atoms with van der Waals surface area (Å²) in [5, 5.41) is 3.57. The van der Waals surface area contributed by atoms with Crippen LogP contribution in [0.25, 0.3) is 0 Å². The fourth-order valence-corrected chi connectivity index (χ4v) is 2.60. The number of rotatable bonds is 4. The Kier molecular flexibility index (Phi) is 3.32. The van der Waals surface area contributed by atoms with Crippen molar-refractivity contribution in [2.75, 3.05) is 18.4 Å². The van der Waals surface area contributed by atoms with E-state index in [0.29, 0.717) is 0 Å². The van der Waals surface area contributed by atoms with Crippen molar-refractivity contribution in [3.63, 3.8) is 0 Å². The molecule has 0 spiro atoms. The third-order valence-electron chi connectivity index (χ3n) is 3.73. The van der Waals surface area contributed by atoms with Gasteiger partial charge in [0.05, 0.1) is 0 Å². The van der Waals surface area contributed by atoms with Crippen LogP contribution in [0.1, 0.15) is 37.7 Å². The predicted octanol–water partition coefficient (Wildman–Crippen LogP) is 3.25. The lowest BCUT2D eigenvalue weighted by Gasteiger charge is -2.26. The predicted molar refractivity (Wildman–Crippen MR) is 72.2 cm³/mol. The molecule has 2 fully saturated rings. The van der Waals surface area contributed by atoms with Crippen molar-refractivity contribution in [1.29, 1.82) is 0 Å². The number of hydrogen-bond donors (Lipinski definition) is 1. The van der Waals surface area contributed by atoms with Crippen LogP contribution in [0.15, 0.2) is 24.3 Å². The molecule has 3 rings (SSSR count). The highest BCUT2D eigenvalue weighted by molar-refractivity contribution is 5.47. The monoisotopic (exact) mass is 230 g/mol. The first-order valence-electron chi connectivity index (χ1n) is 6.98. The molecule has 2 heteroatoms. The fourth-order valence-electron chi connectivity index (χ4n) is 2.60. The summed E-state index contributed by atoms with van der Waals surface area (Å²) >= 11 is 0. The number of piperidine rings is 1. The summed E-state index contributed by atoms with van der Waals surface area (Å²) in [4.78, 5) is 2.58. The third-order valence-corrected chi connectivity index (χ3v) is 3.73. The van der Waals surface area contributed by atoms with Gasteiger partial charge in [0.25, 0.3) is 0 Å². The van der Waals surface area contributed by atoms with Gasteiger partial charge in [0.15, 0.2) is 0 Å². The zero-order valence-corrected chi connectivity index (χ0v) is 10.5. The summed E-state index contributed by atoms with van der Waals surface area (Å²) in [7, 11) is 0. The van der Waals surface area contributed by atoms with Crippen molar-refractivity contribution in [2.45, 2.75) is 44.7 Å². The zero-order chi connectivity index (χ0) is 11.5. The van der Waals surface area contributed by atoms with E-state index in [1.165, 1.54) is 56.4 Å². The van der Waals surface area contributed by atoms with E-state index in [9.17, 15) is 0 Å². The highest BCUT2D eigenvalue weighted by Gasteiger charge is 2.20. The molecule has 1 heterocycles. The molecule has 0 amide bonds. The number of nitrogens with one attached hydrogen (secondary N) is 1. The van der Waals surface area contributed by atoms with Crippen LogP contribution in [0.2, 0.25) is 0 Å². The van der Waals surface area contributed by atoms with Gasteiger partial charge in [0.2, 0.25) is 0 Å². The Morgan fingerprint density at radius 2 is 1.94 bits per heavy atom. The van der Waals surface area contributed by atoms with Crippen LogP contribution in [-0.2, 0) is 6.54 Å². The van der Waals surface area contributed by atoms with Crippen LogP contribution in [0.4, 0.5) is 5.69 Å². The van der Waals surface area contributed by atoms with Gasteiger partial charge in [0.1, 0.15) is 0 Å². The second-order valence-electron chi connectivity index (χ2n) is 5.46. The second-order valence-corrected chi connectivity index (χ2v) is 5.46. The first-order chi connectivity index (χ1) is 8.40. The molecular formula is C15H22N2. The van der Waals surface area contributed by atoms with Crippen LogP contribution >= 0.6 is 0 Å². The van der Waals surface area contributed by atoms with Crippen molar-refractivity contribution >= 4 is 5.69 Å². The molecule has 1 saturated carbocycles. The highest BCUT2D eigenvalue weighted by Crippen LogP contribution is 2.25. The number of likely N-dealkylation sites (tertiary alicyclic amines) is 1. The smallest absolute Gasteiger partial charge is 0.0345 e. The van der Waals surface area contributed by atoms with Gasteiger partial charge in [-0.25, -0.2) is 0 Å². The van der Waals surface area contributed by atoms with Crippen LogP contribution in [0.3, 0.4) is 0 Å². The maximum atomic E-state index is 3.57. The minimum atomic E-state index is 0.750. The minimum absolute atomic E-state index is 0.750. The van der Waals surface area contributed by atoms with E-state index < -0.39 is 0 Å². The average Bonchev–Trinajstić information content (AvgIpc) is 3.15. The van der Waals surface area contributed by atoms with Gasteiger partial charge in [0, 0.05) is 18.3 Å². The van der Waals surface area contributed by atoms with Crippen LogP contribution in [0.5, 0.6) is 0 Å². The number of nitrogens with zero attached hydrogens (tertiary/aromatic N) is 1. The molecule has 1 aromatic rings. The number of hydrogen-bond acceptors (Lipinski definition) is 2. The SMILES string of the molecule is c1cc(CN2CCCCC2)cc(NC2CC2)c1. The zero-order valence-electron chi connectivity index (χ0n) is 10.5. The van der Waals surface area contributed by atoms with E-state index in [0.717, 1.165) is 12.6 Å². The average molecular weight is 230 g/mol. The van der Waals surface area contributed by atoms with E-state index in [-0.39, 0.29) is 0 Å². The summed E-state index contributed by atoms with van der Waals surface area (Å²) in [6, 6.07) is 9.71. The summed E-state index contributed by atoms with van der Waals surface area (Å²) in [5.41, 5.74) is 2.76. The molecule has 2 nitrogen and oxygen atoms in total. The Balaban J connectivity index is 1.60. The van der Waals surface area contributed by atoms with E-state index in [1.807, 2.05) is 0 Å². The molecule has 0 radical (unpaired) electrons. The Bertz CT molecular complexity index is 365. The van der Waals surface area contributed by atoms with Crippen molar-refractivity contribution in [2.24, 2.45) is 0 Å². The molecule has 0 aromatic heterocycles. The third kappa shape index (κ3) is 3.22. The topological polar surface area (TPSA) is 15.3 Å². The molecule has 92 valence electrons. The van der Waals surface area contributed by atoms with Crippen molar-refractivity contribution in [3.8, 4) is 0 Å². The van der Waals surface area contributed by atoms with Gasteiger partial charge in [-0.1, -0.05) is 18.6 Å². The maximum absolute atomic E-state index is 3.57. The standard InChI is InChI=1S/C15H22N2/c1-2-9-17(10-3-1)12-13-5-4-6-15(11-13)16-14-7-8-14/h4-6,11,14,16H,1-3,7-10,12H2. The maximum Gasteiger partial charge on any atom is 0.0345 e. The van der Waals surface area contributed by atoms with Crippen LogP contribution in [-0.4, -0.2) is 24.0 Å². The van der Waals surface area contributed by atoms with Crippen molar-refractivity contribution < 1.29 is 0 Å². The van der Waals surface area contributed by atoms with Crippen molar-refractivity contribution in [1.82, 2.24) is 4.90 Å². The van der Waals surface area contributed by atoms with Crippen molar-refractivity contribution in [3.05, 3.63) is 29.8 Å². The normalized spacial score (nSPS) is 21.4. The molecule has 1 aromatic carbocycles. The Morgan fingerprint density at radius 3 is 2.71 bits per heavy atom. The molecule has 0 atom stereocenters. The van der Waals surface area contributed by atoms with Crippen LogP contribution < -0.4 is 5.32 Å². The first-order valence-corrected chi connectivity index (χ1v) is 6.98. The van der Waals surface area contributed by atoms with Gasteiger partial charge < -0.3 is 5.32 Å². The van der Waals surface area contributed by atoms with Gasteiger partial charge in [-0.3, -0.25) is 4.90 Å². The Morgan fingerprint density at radius 1 is 1.12 bits per heavy atom. The van der Waals surface area contributed by atoms with Gasteiger partial charge in [-0.15, -0.1) is 0 Å². The lowest BCUT2D eigenvalue weighted by atomic mass is 10.1. The summed E-state index contributed by atoms with van der Waals surface area (Å²) < 4.78 is 0. The molecule has 0 bridgehead atoms. The largest absolute Gasteiger partial charge is 0.382 e. The molecular weight excluding hydrogens is 208 g/mol. The van der Waals surface area contributed by atoms with E-state index in [4.69, 9.17) is 0 Å². The van der Waals surface area contributed by atoms with Crippen LogP contribution in [0, 0.1) is 0 Å². The second kappa shape index (κ2) is 5.09. The summed E-state index contributed by atoms with van der Waals surface area (Å²) in [5.74, 6) is 0. The summed E-state index contributed by atoms with van der Waals surface area (Å²) in [6.07, 6.45) is 6.85. The molecule has 17 heavy (non-hydrogen) atoms. The Hall–Kier alpha value is -1.02. The molecule has 2 aliphatic rings. The molecule has 1 aliphatic heterocycles. The molecule has 1 N–H and O–H groups in total. The summed E-state index contributed by atoms with van der Waals surface area (Å²) in [6.45, 7) is 3.68. The fraction of sp³-hybridized carbons (Fsp3) is 0.600. The van der Waals surface area contributed by atoms with Gasteiger partial charge in [-0.2, -0.15) is 0 Å². The highest BCUT2D eigenvalue weighted by atomic mass is 15.1. The molecule has 1 aliphatic carbocycles. The van der Waals surface area contributed by atoms with Gasteiger partial charge in [-0.05, 0) is 56.5 Å². The van der Waals surface area contributed by atoms with Gasteiger partial charge >= 0.3 is 0 Å². The van der Waals surface area contributed by atoms with E-state index >= 15 is 0 Å². The number of anilines is 1. The van der Waals surface area contributed by atoms with E-state index in [1.54, 1.807) is 0 Å². The molecule has 0 unspecified atom stereocenters. The first kappa shape index (κ1) is 11.1. The quantitative estimate of drug-likeness (QED) is 0.854. The Labute approximate surface area is 104 Å². The lowest BCUT2D eigenvalue weighted by molar-refractivity contribution is 0.221. The van der Waals surface area contributed by atoms with E-state index in [2.05, 4.69) is 34.5 Å².